The highest BCUT2D eigenvalue weighted by Crippen LogP contribution is 2.26. The SMILES string of the molecule is CCCC1(CCC)CN(CC(=O)Nc2ccc(Br)cc2)C(=O)N1. The van der Waals surface area contributed by atoms with Gasteiger partial charge in [0.05, 0.1) is 5.54 Å². The fourth-order valence-corrected chi connectivity index (χ4v) is 3.45. The van der Waals surface area contributed by atoms with E-state index in [-0.39, 0.29) is 24.0 Å². The highest BCUT2D eigenvalue weighted by Gasteiger charge is 2.41. The van der Waals surface area contributed by atoms with Crippen LogP contribution in [-0.2, 0) is 4.79 Å². The normalized spacial score (nSPS) is 16.3. The lowest BCUT2D eigenvalue weighted by atomic mass is 9.89. The lowest BCUT2D eigenvalue weighted by Crippen LogP contribution is -2.43. The standard InChI is InChI=1S/C17H24BrN3O2/c1-3-9-17(10-4-2)12-21(16(23)20-17)11-15(22)19-14-7-5-13(18)6-8-14/h5-8H,3-4,9-12H2,1-2H3,(H,19,22)(H,20,23). The third-order valence-electron chi connectivity index (χ3n) is 4.07. The molecule has 5 nitrogen and oxygen atoms in total. The van der Waals surface area contributed by atoms with E-state index in [1.54, 1.807) is 4.90 Å². The zero-order chi connectivity index (χ0) is 16.9. The van der Waals surface area contributed by atoms with E-state index in [9.17, 15) is 9.59 Å². The number of hydrogen-bond acceptors (Lipinski definition) is 2. The van der Waals surface area contributed by atoms with E-state index in [0.29, 0.717) is 6.54 Å². The molecule has 1 heterocycles. The van der Waals surface area contributed by atoms with Crippen LogP contribution in [-0.4, -0.2) is 35.5 Å². The fraction of sp³-hybridized carbons (Fsp3) is 0.529. The largest absolute Gasteiger partial charge is 0.331 e. The number of amides is 3. The van der Waals surface area contributed by atoms with Gasteiger partial charge in [0.15, 0.2) is 0 Å². The minimum atomic E-state index is -0.182. The van der Waals surface area contributed by atoms with Crippen molar-refractivity contribution in [2.45, 2.75) is 45.1 Å². The minimum absolute atomic E-state index is 0.0804. The van der Waals surface area contributed by atoms with E-state index in [1.807, 2.05) is 24.3 Å². The van der Waals surface area contributed by atoms with Crippen LogP contribution < -0.4 is 10.6 Å². The van der Waals surface area contributed by atoms with Gasteiger partial charge in [-0.25, -0.2) is 4.79 Å². The predicted octanol–water partition coefficient (Wildman–Crippen LogP) is 3.75. The zero-order valence-electron chi connectivity index (χ0n) is 13.7. The number of nitrogens with zero attached hydrogens (tertiary/aromatic N) is 1. The predicted molar refractivity (Wildman–Crippen MR) is 95.4 cm³/mol. The van der Waals surface area contributed by atoms with Gasteiger partial charge in [-0.1, -0.05) is 42.6 Å². The third kappa shape index (κ3) is 4.70. The van der Waals surface area contributed by atoms with Crippen LogP contribution >= 0.6 is 15.9 Å². The highest BCUT2D eigenvalue weighted by molar-refractivity contribution is 9.10. The lowest BCUT2D eigenvalue weighted by molar-refractivity contribution is -0.116. The molecule has 2 N–H and O–H groups in total. The van der Waals surface area contributed by atoms with Crippen molar-refractivity contribution >= 4 is 33.6 Å². The topological polar surface area (TPSA) is 61.4 Å². The Morgan fingerprint density at radius 3 is 2.43 bits per heavy atom. The van der Waals surface area contributed by atoms with Gasteiger partial charge < -0.3 is 15.5 Å². The van der Waals surface area contributed by atoms with Crippen molar-refractivity contribution in [1.29, 1.82) is 0 Å². The minimum Gasteiger partial charge on any atom is -0.331 e. The van der Waals surface area contributed by atoms with Crippen LogP contribution in [0.4, 0.5) is 10.5 Å². The monoisotopic (exact) mass is 381 g/mol. The molecule has 0 aromatic heterocycles. The molecule has 0 spiro atoms. The van der Waals surface area contributed by atoms with Crippen molar-refractivity contribution in [3.63, 3.8) is 0 Å². The molecular formula is C17H24BrN3O2. The van der Waals surface area contributed by atoms with Crippen LogP contribution in [0.3, 0.4) is 0 Å². The summed E-state index contributed by atoms with van der Waals surface area (Å²) in [6.45, 7) is 4.91. The Hall–Kier alpha value is -1.56. The molecule has 0 bridgehead atoms. The average molecular weight is 382 g/mol. The first-order valence-corrected chi connectivity index (χ1v) is 8.90. The van der Waals surface area contributed by atoms with E-state index >= 15 is 0 Å². The molecule has 23 heavy (non-hydrogen) atoms. The molecule has 0 unspecified atom stereocenters. The van der Waals surface area contributed by atoms with Crippen molar-refractivity contribution in [3.05, 3.63) is 28.7 Å². The maximum absolute atomic E-state index is 12.2. The number of carbonyl (C=O) groups excluding carboxylic acids is 2. The molecule has 1 aliphatic heterocycles. The molecule has 0 atom stereocenters. The number of nitrogens with one attached hydrogen (secondary N) is 2. The molecule has 126 valence electrons. The molecule has 3 amide bonds. The highest BCUT2D eigenvalue weighted by atomic mass is 79.9. The van der Waals surface area contributed by atoms with Gasteiger partial charge in [0.1, 0.15) is 6.54 Å². The molecule has 1 aromatic rings. The maximum Gasteiger partial charge on any atom is 0.318 e. The summed E-state index contributed by atoms with van der Waals surface area (Å²) >= 11 is 3.36. The van der Waals surface area contributed by atoms with Crippen LogP contribution in [0.2, 0.25) is 0 Å². The van der Waals surface area contributed by atoms with Crippen molar-refractivity contribution < 1.29 is 9.59 Å². The van der Waals surface area contributed by atoms with Gasteiger partial charge in [-0.05, 0) is 37.1 Å². The molecule has 1 aromatic carbocycles. The van der Waals surface area contributed by atoms with Gasteiger partial charge in [-0.15, -0.1) is 0 Å². The Morgan fingerprint density at radius 2 is 1.87 bits per heavy atom. The molecule has 0 radical (unpaired) electrons. The summed E-state index contributed by atoms with van der Waals surface area (Å²) in [6.07, 6.45) is 3.91. The second-order valence-electron chi connectivity index (χ2n) is 6.12. The van der Waals surface area contributed by atoms with Crippen molar-refractivity contribution in [2.24, 2.45) is 0 Å². The van der Waals surface area contributed by atoms with Gasteiger partial charge in [0.25, 0.3) is 0 Å². The first-order valence-electron chi connectivity index (χ1n) is 8.10. The quantitative estimate of drug-likeness (QED) is 0.755. The number of urea groups is 1. The fourth-order valence-electron chi connectivity index (χ4n) is 3.18. The summed E-state index contributed by atoms with van der Waals surface area (Å²) < 4.78 is 0.957. The van der Waals surface area contributed by atoms with Crippen LogP contribution in [0.1, 0.15) is 39.5 Å². The van der Waals surface area contributed by atoms with Crippen LogP contribution in [0.25, 0.3) is 0 Å². The molecule has 2 rings (SSSR count). The Balaban J connectivity index is 1.95. The van der Waals surface area contributed by atoms with Crippen molar-refractivity contribution in [3.8, 4) is 0 Å². The summed E-state index contributed by atoms with van der Waals surface area (Å²) in [5, 5.41) is 5.92. The second-order valence-corrected chi connectivity index (χ2v) is 7.04. The molecule has 0 saturated carbocycles. The van der Waals surface area contributed by atoms with E-state index < -0.39 is 0 Å². The van der Waals surface area contributed by atoms with Gasteiger partial charge in [-0.2, -0.15) is 0 Å². The number of halogens is 1. The summed E-state index contributed by atoms with van der Waals surface area (Å²) in [7, 11) is 0. The smallest absolute Gasteiger partial charge is 0.318 e. The number of rotatable bonds is 7. The summed E-state index contributed by atoms with van der Waals surface area (Å²) in [5.41, 5.74) is 0.546. The molecule has 0 aliphatic carbocycles. The maximum atomic E-state index is 12.2. The first-order chi connectivity index (χ1) is 11.0. The van der Waals surface area contributed by atoms with Crippen LogP contribution in [0.15, 0.2) is 28.7 Å². The molecular weight excluding hydrogens is 358 g/mol. The number of benzene rings is 1. The van der Waals surface area contributed by atoms with Crippen molar-refractivity contribution in [2.75, 3.05) is 18.4 Å². The second kappa shape index (κ2) is 7.81. The van der Waals surface area contributed by atoms with E-state index in [1.165, 1.54) is 0 Å². The van der Waals surface area contributed by atoms with Crippen LogP contribution in [0.5, 0.6) is 0 Å². The number of carbonyl (C=O) groups is 2. The summed E-state index contributed by atoms with van der Waals surface area (Å²) in [4.78, 5) is 26.0. The Bertz CT molecular complexity index is 553. The third-order valence-corrected chi connectivity index (χ3v) is 4.60. The molecule has 1 aliphatic rings. The van der Waals surface area contributed by atoms with E-state index in [0.717, 1.165) is 35.8 Å². The zero-order valence-corrected chi connectivity index (χ0v) is 15.3. The van der Waals surface area contributed by atoms with Gasteiger partial charge >= 0.3 is 6.03 Å². The number of hydrogen-bond donors (Lipinski definition) is 2. The van der Waals surface area contributed by atoms with Crippen molar-refractivity contribution in [1.82, 2.24) is 10.2 Å². The lowest BCUT2D eigenvalue weighted by Gasteiger charge is -2.27. The summed E-state index contributed by atoms with van der Waals surface area (Å²) in [5.74, 6) is -0.175. The average Bonchev–Trinajstić information content (AvgIpc) is 2.78. The van der Waals surface area contributed by atoms with Gasteiger partial charge in [0, 0.05) is 16.7 Å². The van der Waals surface area contributed by atoms with Gasteiger partial charge in [0.2, 0.25) is 5.91 Å². The van der Waals surface area contributed by atoms with Crippen LogP contribution in [0, 0.1) is 0 Å². The molecule has 1 fully saturated rings. The Morgan fingerprint density at radius 1 is 1.26 bits per heavy atom. The van der Waals surface area contributed by atoms with E-state index in [2.05, 4.69) is 40.4 Å². The molecule has 1 saturated heterocycles. The Labute approximate surface area is 145 Å². The number of anilines is 1. The first kappa shape index (κ1) is 17.8. The summed E-state index contributed by atoms with van der Waals surface area (Å²) in [6, 6.07) is 7.24. The van der Waals surface area contributed by atoms with E-state index in [4.69, 9.17) is 0 Å². The Kier molecular flexibility index (Phi) is 6.04. The van der Waals surface area contributed by atoms with Gasteiger partial charge in [-0.3, -0.25) is 4.79 Å². The molecule has 6 heteroatoms.